The molecule has 2 aromatic carbocycles. The predicted octanol–water partition coefficient (Wildman–Crippen LogP) is 1.62. The third kappa shape index (κ3) is 7.60. The normalized spacial score (nSPS) is 9.96. The fourth-order valence-electron chi connectivity index (χ4n) is 2.21. The predicted molar refractivity (Wildman–Crippen MR) is 100 cm³/mol. The van der Waals surface area contributed by atoms with Crippen LogP contribution in [0.15, 0.2) is 54.6 Å². The van der Waals surface area contributed by atoms with E-state index in [1.807, 2.05) is 55.5 Å². The summed E-state index contributed by atoms with van der Waals surface area (Å²) in [5.74, 6) is -0.563. The van der Waals surface area contributed by atoms with E-state index in [1.165, 1.54) is 0 Å². The molecule has 2 aromatic rings. The Morgan fingerprint density at radius 1 is 0.815 bits per heavy atom. The molecule has 0 atom stereocenters. The Kier molecular flexibility index (Phi) is 7.84. The van der Waals surface area contributed by atoms with Crippen molar-refractivity contribution in [1.29, 1.82) is 0 Å². The molecule has 0 aliphatic carbocycles. The maximum atomic E-state index is 11.8. The van der Waals surface area contributed by atoms with Gasteiger partial charge in [-0.2, -0.15) is 0 Å². The summed E-state index contributed by atoms with van der Waals surface area (Å²) in [4.78, 5) is 35.2. The molecule has 0 saturated heterocycles. The number of hydrogen-bond acceptors (Lipinski definition) is 4. The fourth-order valence-corrected chi connectivity index (χ4v) is 2.21. The molecule has 27 heavy (non-hydrogen) atoms. The number of carbonyl (C=O) groups is 3. The number of para-hydroxylation sites is 1. The van der Waals surface area contributed by atoms with E-state index < -0.39 is 11.8 Å². The smallest absolute Gasteiger partial charge is 0.276 e. The number of hydrogen-bond donors (Lipinski definition) is 3. The van der Waals surface area contributed by atoms with Gasteiger partial charge >= 0.3 is 0 Å². The number of hydrazine groups is 1. The average molecular weight is 369 g/mol. The monoisotopic (exact) mass is 369 g/mol. The zero-order valence-corrected chi connectivity index (χ0v) is 15.2. The number of rotatable bonds is 8. The minimum atomic E-state index is -0.486. The van der Waals surface area contributed by atoms with Gasteiger partial charge in [0, 0.05) is 19.4 Å². The Morgan fingerprint density at radius 3 is 2.19 bits per heavy atom. The summed E-state index contributed by atoms with van der Waals surface area (Å²) in [6.07, 6.45) is 0.00774. The SMILES string of the molecule is Cc1ccccc1OCC(=O)NNC(=O)CCC(=O)NCc1ccccc1. The highest BCUT2D eigenvalue weighted by Gasteiger charge is 2.09. The number of carbonyl (C=O) groups excluding carboxylic acids is 3. The number of nitrogens with one attached hydrogen (secondary N) is 3. The first-order valence-electron chi connectivity index (χ1n) is 8.61. The molecule has 3 N–H and O–H groups in total. The van der Waals surface area contributed by atoms with Crippen molar-refractivity contribution in [3.05, 3.63) is 65.7 Å². The van der Waals surface area contributed by atoms with Gasteiger partial charge in [0.05, 0.1) is 0 Å². The summed E-state index contributed by atoms with van der Waals surface area (Å²) >= 11 is 0. The minimum Gasteiger partial charge on any atom is -0.483 e. The summed E-state index contributed by atoms with van der Waals surface area (Å²) in [6.45, 7) is 2.06. The van der Waals surface area contributed by atoms with E-state index in [1.54, 1.807) is 6.07 Å². The van der Waals surface area contributed by atoms with Crippen LogP contribution in [0.3, 0.4) is 0 Å². The number of aryl methyl sites for hydroxylation is 1. The minimum absolute atomic E-state index is 0.0282. The van der Waals surface area contributed by atoms with E-state index in [2.05, 4.69) is 16.2 Å². The first-order chi connectivity index (χ1) is 13.0. The molecule has 3 amide bonds. The Balaban J connectivity index is 1.59. The van der Waals surface area contributed by atoms with Gasteiger partial charge in [-0.3, -0.25) is 25.2 Å². The molecule has 0 fully saturated rings. The van der Waals surface area contributed by atoms with Crippen LogP contribution in [0.5, 0.6) is 5.75 Å². The van der Waals surface area contributed by atoms with E-state index in [-0.39, 0.29) is 25.4 Å². The summed E-state index contributed by atoms with van der Waals surface area (Å²) in [5, 5.41) is 2.74. The molecule has 0 saturated carbocycles. The molecule has 7 heteroatoms. The Bertz CT molecular complexity index is 778. The quantitative estimate of drug-likeness (QED) is 0.616. The van der Waals surface area contributed by atoms with Gasteiger partial charge in [0.25, 0.3) is 5.91 Å². The molecule has 0 bridgehead atoms. The fraction of sp³-hybridized carbons (Fsp3) is 0.250. The van der Waals surface area contributed by atoms with Crippen LogP contribution in [-0.2, 0) is 20.9 Å². The second-order valence-corrected chi connectivity index (χ2v) is 5.91. The number of ether oxygens (including phenoxy) is 1. The van der Waals surface area contributed by atoms with Crippen molar-refractivity contribution in [1.82, 2.24) is 16.2 Å². The third-order valence-corrected chi connectivity index (χ3v) is 3.71. The van der Waals surface area contributed by atoms with Crippen LogP contribution < -0.4 is 20.9 Å². The Morgan fingerprint density at radius 2 is 1.44 bits per heavy atom. The van der Waals surface area contributed by atoms with Crippen LogP contribution in [0.1, 0.15) is 24.0 Å². The lowest BCUT2D eigenvalue weighted by molar-refractivity contribution is -0.131. The molecular formula is C20H23N3O4. The van der Waals surface area contributed by atoms with Gasteiger partial charge in [-0.15, -0.1) is 0 Å². The van der Waals surface area contributed by atoms with Crippen molar-refractivity contribution in [3.8, 4) is 5.75 Å². The van der Waals surface area contributed by atoms with Crippen molar-refractivity contribution in [2.75, 3.05) is 6.61 Å². The van der Waals surface area contributed by atoms with Crippen LogP contribution >= 0.6 is 0 Å². The summed E-state index contributed by atoms with van der Waals surface area (Å²) in [7, 11) is 0. The molecular weight excluding hydrogens is 346 g/mol. The van der Waals surface area contributed by atoms with Gasteiger partial charge in [0.1, 0.15) is 5.75 Å². The van der Waals surface area contributed by atoms with Gasteiger partial charge in [-0.25, -0.2) is 0 Å². The largest absolute Gasteiger partial charge is 0.483 e. The van der Waals surface area contributed by atoms with Crippen molar-refractivity contribution in [3.63, 3.8) is 0 Å². The number of benzene rings is 2. The van der Waals surface area contributed by atoms with E-state index >= 15 is 0 Å². The molecule has 0 unspecified atom stereocenters. The zero-order chi connectivity index (χ0) is 19.5. The maximum absolute atomic E-state index is 11.8. The van der Waals surface area contributed by atoms with Crippen LogP contribution in [0, 0.1) is 6.92 Å². The molecule has 0 aromatic heterocycles. The first kappa shape index (κ1) is 20.0. The Hall–Kier alpha value is -3.35. The van der Waals surface area contributed by atoms with Gasteiger partial charge in [-0.1, -0.05) is 48.5 Å². The van der Waals surface area contributed by atoms with E-state index in [4.69, 9.17) is 4.74 Å². The molecule has 0 aliphatic heterocycles. The summed E-state index contributed by atoms with van der Waals surface area (Å²) in [5.41, 5.74) is 6.42. The van der Waals surface area contributed by atoms with Gasteiger partial charge in [-0.05, 0) is 24.1 Å². The van der Waals surface area contributed by atoms with Crippen LogP contribution in [0.25, 0.3) is 0 Å². The molecule has 0 aliphatic rings. The molecule has 7 nitrogen and oxygen atoms in total. The third-order valence-electron chi connectivity index (χ3n) is 3.71. The van der Waals surface area contributed by atoms with Crippen LogP contribution in [-0.4, -0.2) is 24.3 Å². The van der Waals surface area contributed by atoms with Crippen molar-refractivity contribution < 1.29 is 19.1 Å². The van der Waals surface area contributed by atoms with Gasteiger partial charge < -0.3 is 10.1 Å². The van der Waals surface area contributed by atoms with E-state index in [0.29, 0.717) is 12.3 Å². The summed E-state index contributed by atoms with van der Waals surface area (Å²) in [6, 6.07) is 16.8. The molecule has 0 radical (unpaired) electrons. The highest BCUT2D eigenvalue weighted by Crippen LogP contribution is 2.15. The lowest BCUT2D eigenvalue weighted by Crippen LogP contribution is -2.44. The maximum Gasteiger partial charge on any atom is 0.276 e. The second-order valence-electron chi connectivity index (χ2n) is 5.91. The average Bonchev–Trinajstić information content (AvgIpc) is 2.69. The topological polar surface area (TPSA) is 96.5 Å². The molecule has 0 spiro atoms. The summed E-state index contributed by atoms with van der Waals surface area (Å²) < 4.78 is 5.38. The highest BCUT2D eigenvalue weighted by atomic mass is 16.5. The van der Waals surface area contributed by atoms with Crippen LogP contribution in [0.4, 0.5) is 0 Å². The van der Waals surface area contributed by atoms with Crippen molar-refractivity contribution in [2.24, 2.45) is 0 Å². The van der Waals surface area contributed by atoms with Crippen molar-refractivity contribution >= 4 is 17.7 Å². The van der Waals surface area contributed by atoms with Crippen molar-refractivity contribution in [2.45, 2.75) is 26.3 Å². The van der Waals surface area contributed by atoms with Gasteiger partial charge in [0.2, 0.25) is 11.8 Å². The standard InChI is InChI=1S/C20H23N3O4/c1-15-7-5-6-10-17(15)27-14-20(26)23-22-19(25)12-11-18(24)21-13-16-8-3-2-4-9-16/h2-10H,11-14H2,1H3,(H,21,24)(H,22,25)(H,23,26). The molecule has 2 rings (SSSR count). The highest BCUT2D eigenvalue weighted by molar-refractivity contribution is 5.86. The lowest BCUT2D eigenvalue weighted by Gasteiger charge is -2.10. The van der Waals surface area contributed by atoms with E-state index in [9.17, 15) is 14.4 Å². The first-order valence-corrected chi connectivity index (χ1v) is 8.61. The van der Waals surface area contributed by atoms with Crippen LogP contribution in [0.2, 0.25) is 0 Å². The zero-order valence-electron chi connectivity index (χ0n) is 15.2. The molecule has 0 heterocycles. The Labute approximate surface area is 158 Å². The van der Waals surface area contributed by atoms with E-state index in [0.717, 1.165) is 11.1 Å². The second kappa shape index (κ2) is 10.6. The lowest BCUT2D eigenvalue weighted by atomic mass is 10.2. The van der Waals surface area contributed by atoms with Gasteiger partial charge in [0.15, 0.2) is 6.61 Å². The number of amides is 3. The molecule has 142 valence electrons.